The fourth-order valence-corrected chi connectivity index (χ4v) is 2.45. The maximum absolute atomic E-state index is 11.7. The van der Waals surface area contributed by atoms with Crippen LogP contribution in [0.25, 0.3) is 0 Å². The maximum atomic E-state index is 11.7. The van der Waals surface area contributed by atoms with Crippen LogP contribution in [0.2, 0.25) is 0 Å². The number of aromatic nitrogens is 1. The Hall–Kier alpha value is -1.61. The normalized spacial score (nSPS) is 14.7. The van der Waals surface area contributed by atoms with E-state index in [-0.39, 0.29) is 6.54 Å². The molecule has 0 saturated heterocycles. The summed E-state index contributed by atoms with van der Waals surface area (Å²) in [6, 6.07) is 3.99. The highest BCUT2D eigenvalue weighted by atomic mass is 32.2. The zero-order chi connectivity index (χ0) is 15.0. The largest absolute Gasteiger partial charge is 0.367 e. The zero-order valence-electron chi connectivity index (χ0n) is 12.0. The number of nitrogens with one attached hydrogen (secondary N) is 1. The van der Waals surface area contributed by atoms with Gasteiger partial charge in [-0.05, 0) is 44.7 Å². The number of sulfone groups is 1. The third kappa shape index (κ3) is 2.78. The van der Waals surface area contributed by atoms with E-state index in [1.54, 1.807) is 13.8 Å². The smallest absolute Gasteiger partial charge is 0.154 e. The number of hydrogen-bond acceptors (Lipinski definition) is 5. The van der Waals surface area contributed by atoms with Crippen molar-refractivity contribution in [3.05, 3.63) is 22.9 Å². The summed E-state index contributed by atoms with van der Waals surface area (Å²) in [4.78, 5) is 4.48. The molecule has 108 valence electrons. The number of hydrogen-bond donors (Lipinski definition) is 1. The summed E-state index contributed by atoms with van der Waals surface area (Å²) in [6.45, 7) is 3.55. The van der Waals surface area contributed by atoms with Crippen LogP contribution in [-0.4, -0.2) is 30.9 Å². The SMILES string of the molecule is CC(C)(CNc1nc2c(cc1C#N)CCC2)S(C)(=O)=O. The molecule has 0 aliphatic heterocycles. The molecule has 1 aromatic rings. The summed E-state index contributed by atoms with van der Waals surface area (Å²) in [7, 11) is -3.18. The Morgan fingerprint density at radius 3 is 2.75 bits per heavy atom. The van der Waals surface area contributed by atoms with Crippen molar-refractivity contribution < 1.29 is 8.42 Å². The van der Waals surface area contributed by atoms with Crippen LogP contribution in [-0.2, 0) is 22.7 Å². The van der Waals surface area contributed by atoms with Crippen molar-refractivity contribution in [2.75, 3.05) is 18.1 Å². The van der Waals surface area contributed by atoms with Gasteiger partial charge >= 0.3 is 0 Å². The van der Waals surface area contributed by atoms with Gasteiger partial charge in [0, 0.05) is 18.5 Å². The number of fused-ring (bicyclic) bond motifs is 1. The molecule has 20 heavy (non-hydrogen) atoms. The Labute approximate surface area is 119 Å². The molecule has 0 unspecified atom stereocenters. The molecular weight excluding hydrogens is 274 g/mol. The van der Waals surface area contributed by atoms with Gasteiger partial charge in [-0.25, -0.2) is 13.4 Å². The summed E-state index contributed by atoms with van der Waals surface area (Å²) in [6.07, 6.45) is 4.17. The van der Waals surface area contributed by atoms with Gasteiger partial charge in [0.05, 0.1) is 10.3 Å². The van der Waals surface area contributed by atoms with Crippen LogP contribution in [0.1, 0.15) is 37.1 Å². The van der Waals surface area contributed by atoms with Gasteiger partial charge in [-0.1, -0.05) is 0 Å². The highest BCUT2D eigenvalue weighted by Crippen LogP contribution is 2.25. The summed E-state index contributed by atoms with van der Waals surface area (Å²) in [5.41, 5.74) is 2.63. The summed E-state index contributed by atoms with van der Waals surface area (Å²) in [5, 5.41) is 12.2. The minimum Gasteiger partial charge on any atom is -0.367 e. The Balaban J connectivity index is 2.25. The number of rotatable bonds is 4. The standard InChI is InChI=1S/C14H19N3O2S/c1-14(2,20(3,18)19)9-16-13-11(8-15)7-10-5-4-6-12(10)17-13/h7H,4-6,9H2,1-3H3,(H,16,17). The first-order chi connectivity index (χ1) is 9.24. The lowest BCUT2D eigenvalue weighted by Crippen LogP contribution is -2.38. The third-order valence-corrected chi connectivity index (χ3v) is 6.01. The zero-order valence-corrected chi connectivity index (χ0v) is 12.8. The van der Waals surface area contributed by atoms with Gasteiger partial charge in [-0.2, -0.15) is 5.26 Å². The van der Waals surface area contributed by atoms with E-state index in [0.29, 0.717) is 11.4 Å². The molecule has 1 aromatic heterocycles. The highest BCUT2D eigenvalue weighted by Gasteiger charge is 2.30. The van der Waals surface area contributed by atoms with E-state index < -0.39 is 14.6 Å². The molecule has 5 nitrogen and oxygen atoms in total. The molecule has 0 atom stereocenters. The fourth-order valence-electron chi connectivity index (χ4n) is 2.12. The first-order valence-corrected chi connectivity index (χ1v) is 8.50. The molecule has 1 aliphatic rings. The van der Waals surface area contributed by atoms with E-state index in [9.17, 15) is 13.7 Å². The fraction of sp³-hybridized carbons (Fsp3) is 0.571. The van der Waals surface area contributed by atoms with Crippen molar-refractivity contribution in [3.63, 3.8) is 0 Å². The van der Waals surface area contributed by atoms with Crippen molar-refractivity contribution >= 4 is 15.7 Å². The molecule has 0 fully saturated rings. The lowest BCUT2D eigenvalue weighted by Gasteiger charge is -2.23. The second-order valence-corrected chi connectivity index (χ2v) is 8.49. The number of anilines is 1. The van der Waals surface area contributed by atoms with Gasteiger partial charge in [0.15, 0.2) is 9.84 Å². The summed E-state index contributed by atoms with van der Waals surface area (Å²) in [5.74, 6) is 0.491. The minimum atomic E-state index is -3.18. The van der Waals surface area contributed by atoms with Crippen LogP contribution in [0.4, 0.5) is 5.82 Å². The molecule has 0 bridgehead atoms. The molecule has 6 heteroatoms. The lowest BCUT2D eigenvalue weighted by molar-refractivity contribution is 0.559. The summed E-state index contributed by atoms with van der Waals surface area (Å²) < 4.78 is 22.5. The molecule has 0 saturated carbocycles. The maximum Gasteiger partial charge on any atom is 0.154 e. The average Bonchev–Trinajstić information content (AvgIpc) is 2.80. The minimum absolute atomic E-state index is 0.228. The highest BCUT2D eigenvalue weighted by molar-refractivity contribution is 7.92. The van der Waals surface area contributed by atoms with E-state index in [0.717, 1.165) is 30.5 Å². The lowest BCUT2D eigenvalue weighted by atomic mass is 10.1. The van der Waals surface area contributed by atoms with E-state index in [1.807, 2.05) is 6.07 Å². The molecule has 0 radical (unpaired) electrons. The Morgan fingerprint density at radius 2 is 2.15 bits per heavy atom. The summed E-state index contributed by atoms with van der Waals surface area (Å²) >= 11 is 0. The Bertz CT molecular complexity index is 672. The van der Waals surface area contributed by atoms with Crippen LogP contribution in [0, 0.1) is 11.3 Å². The molecule has 1 heterocycles. The van der Waals surface area contributed by atoms with E-state index >= 15 is 0 Å². The van der Waals surface area contributed by atoms with Gasteiger partial charge in [0.2, 0.25) is 0 Å². The number of nitrogens with zero attached hydrogens (tertiary/aromatic N) is 2. The van der Waals surface area contributed by atoms with Gasteiger partial charge in [0.1, 0.15) is 11.9 Å². The Morgan fingerprint density at radius 1 is 1.45 bits per heavy atom. The second-order valence-electron chi connectivity index (χ2n) is 5.84. The van der Waals surface area contributed by atoms with E-state index in [1.165, 1.54) is 6.26 Å². The van der Waals surface area contributed by atoms with E-state index in [2.05, 4.69) is 16.4 Å². The third-order valence-electron chi connectivity index (χ3n) is 3.86. The molecule has 2 rings (SSSR count). The first-order valence-electron chi connectivity index (χ1n) is 6.61. The number of pyridine rings is 1. The van der Waals surface area contributed by atoms with Crippen molar-refractivity contribution in [3.8, 4) is 6.07 Å². The molecule has 0 spiro atoms. The van der Waals surface area contributed by atoms with Crippen molar-refractivity contribution in [1.82, 2.24) is 4.98 Å². The predicted octanol–water partition coefficient (Wildman–Crippen LogP) is 1.68. The van der Waals surface area contributed by atoms with Crippen LogP contribution >= 0.6 is 0 Å². The first kappa shape index (κ1) is 14.8. The van der Waals surface area contributed by atoms with Gasteiger partial charge < -0.3 is 5.32 Å². The number of aryl methyl sites for hydroxylation is 2. The van der Waals surface area contributed by atoms with Crippen LogP contribution in [0.3, 0.4) is 0 Å². The molecular formula is C14H19N3O2S. The van der Waals surface area contributed by atoms with Crippen molar-refractivity contribution in [2.45, 2.75) is 37.9 Å². The topological polar surface area (TPSA) is 82.8 Å². The second kappa shape index (κ2) is 5.06. The molecule has 1 aliphatic carbocycles. The molecule has 0 amide bonds. The Kier molecular flexibility index (Phi) is 3.74. The van der Waals surface area contributed by atoms with Crippen LogP contribution < -0.4 is 5.32 Å². The quantitative estimate of drug-likeness (QED) is 0.913. The van der Waals surface area contributed by atoms with Gasteiger partial charge in [-0.3, -0.25) is 0 Å². The monoisotopic (exact) mass is 293 g/mol. The van der Waals surface area contributed by atoms with Crippen molar-refractivity contribution in [2.24, 2.45) is 0 Å². The van der Waals surface area contributed by atoms with Crippen LogP contribution in [0.5, 0.6) is 0 Å². The van der Waals surface area contributed by atoms with Gasteiger partial charge in [-0.15, -0.1) is 0 Å². The van der Waals surface area contributed by atoms with Gasteiger partial charge in [0.25, 0.3) is 0 Å². The van der Waals surface area contributed by atoms with E-state index in [4.69, 9.17) is 0 Å². The molecule has 0 aromatic carbocycles. The molecule has 1 N–H and O–H groups in total. The number of nitriles is 1. The van der Waals surface area contributed by atoms with Crippen LogP contribution in [0.15, 0.2) is 6.07 Å². The van der Waals surface area contributed by atoms with Crippen molar-refractivity contribution in [1.29, 1.82) is 5.26 Å². The predicted molar refractivity (Wildman–Crippen MR) is 78.4 cm³/mol. The average molecular weight is 293 g/mol.